The molecule has 1 aliphatic carbocycles. The van der Waals surface area contributed by atoms with Crippen LogP contribution >= 0.6 is 0 Å². The van der Waals surface area contributed by atoms with Gasteiger partial charge in [0.1, 0.15) is 11.6 Å². The fourth-order valence-corrected chi connectivity index (χ4v) is 5.48. The highest BCUT2D eigenvalue weighted by atomic mass is 16.5. The lowest BCUT2D eigenvalue weighted by atomic mass is 9.89. The number of anilines is 2. The monoisotopic (exact) mass is 622 g/mol. The molecule has 7 heteroatoms. The van der Waals surface area contributed by atoms with E-state index in [0.717, 1.165) is 96.8 Å². The van der Waals surface area contributed by atoms with E-state index in [4.69, 9.17) is 15.0 Å². The lowest BCUT2D eigenvalue weighted by Crippen LogP contribution is -2.19. The molecule has 1 unspecified atom stereocenters. The number of nitriles is 1. The molecule has 1 saturated carbocycles. The number of unbranched alkanes of at least 4 members (excludes halogenated alkanes) is 1. The third-order valence-corrected chi connectivity index (χ3v) is 8.68. The summed E-state index contributed by atoms with van der Waals surface area (Å²) in [6.45, 7) is 12.5. The zero-order valence-corrected chi connectivity index (χ0v) is 29.1. The van der Waals surface area contributed by atoms with Gasteiger partial charge in [-0.2, -0.15) is 5.26 Å². The van der Waals surface area contributed by atoms with Crippen LogP contribution in [0.4, 0.5) is 11.5 Å². The molecule has 46 heavy (non-hydrogen) atoms. The van der Waals surface area contributed by atoms with Crippen LogP contribution in [-0.4, -0.2) is 38.4 Å². The summed E-state index contributed by atoms with van der Waals surface area (Å²) in [6.07, 6.45) is 18.1. The van der Waals surface area contributed by atoms with Crippen molar-refractivity contribution >= 4 is 35.4 Å². The summed E-state index contributed by atoms with van der Waals surface area (Å²) >= 11 is 0. The van der Waals surface area contributed by atoms with Crippen molar-refractivity contribution in [2.45, 2.75) is 91.9 Å². The maximum absolute atomic E-state index is 8.77. The number of allylic oxidation sites excluding steroid dienone is 4. The van der Waals surface area contributed by atoms with E-state index in [0.29, 0.717) is 12.3 Å². The van der Waals surface area contributed by atoms with Crippen molar-refractivity contribution in [2.24, 2.45) is 4.99 Å². The van der Waals surface area contributed by atoms with E-state index in [1.165, 1.54) is 23.1 Å². The van der Waals surface area contributed by atoms with Gasteiger partial charge in [0, 0.05) is 30.9 Å². The third kappa shape index (κ3) is 10.7. The van der Waals surface area contributed by atoms with Crippen LogP contribution in [0.15, 0.2) is 58.6 Å². The van der Waals surface area contributed by atoms with Crippen LogP contribution in [0.5, 0.6) is 0 Å². The fourth-order valence-electron chi connectivity index (χ4n) is 5.48. The zero-order chi connectivity index (χ0) is 33.3. The van der Waals surface area contributed by atoms with Crippen LogP contribution in [0, 0.1) is 18.3 Å². The summed E-state index contributed by atoms with van der Waals surface area (Å²) in [4.78, 5) is 9.75. The number of hydrogen-bond acceptors (Lipinski definition) is 7. The third-order valence-electron chi connectivity index (χ3n) is 8.68. The van der Waals surface area contributed by atoms with Gasteiger partial charge in [0.25, 0.3) is 0 Å². The van der Waals surface area contributed by atoms with Crippen molar-refractivity contribution in [1.29, 1.82) is 5.26 Å². The second-order valence-corrected chi connectivity index (χ2v) is 12.0. The molecule has 1 aromatic carbocycles. The van der Waals surface area contributed by atoms with Crippen LogP contribution in [0.3, 0.4) is 0 Å². The van der Waals surface area contributed by atoms with Gasteiger partial charge in [-0.05, 0) is 143 Å². The van der Waals surface area contributed by atoms with Gasteiger partial charge in [0.2, 0.25) is 0 Å². The molecule has 1 fully saturated rings. The van der Waals surface area contributed by atoms with Crippen molar-refractivity contribution in [3.05, 3.63) is 81.5 Å². The molecular weight excluding hydrogens is 568 g/mol. The van der Waals surface area contributed by atoms with Crippen LogP contribution in [0.25, 0.3) is 17.7 Å². The maximum Gasteiger partial charge on any atom is 0.138 e. The van der Waals surface area contributed by atoms with Crippen molar-refractivity contribution in [3.63, 3.8) is 0 Å². The SMILES string of the molecule is CCC(C)=C(C=N/C=C(\C)c1cc(/C=C\NC)c(C=C2CCC2)c(Nc2ccc(C(CC)CCNCCCC#N)c(C)c2)n1)OC. The van der Waals surface area contributed by atoms with Gasteiger partial charge >= 0.3 is 0 Å². The Hall–Kier alpha value is -4.15. The highest BCUT2D eigenvalue weighted by Crippen LogP contribution is 2.35. The Kier molecular flexibility index (Phi) is 15.3. The zero-order valence-electron chi connectivity index (χ0n) is 29.1. The standard InChI is InChI=1S/C39H54N6O/c1-8-28(3)38(46-7)27-43-26-30(5)37-25-33(17-21-41-6)36(24-31-13-12-14-31)39(45-37)44-34-15-16-35(29(4)23-34)32(9-2)18-22-42-20-11-10-19-40/h15-17,21,23-27,32,41-42H,8-14,18,20,22H2,1-7H3,(H,44,45)/b21-17-,30-26+,38-28?,43-27?. The van der Waals surface area contributed by atoms with Crippen LogP contribution in [0.2, 0.25) is 0 Å². The van der Waals surface area contributed by atoms with Crippen LogP contribution in [0.1, 0.15) is 113 Å². The van der Waals surface area contributed by atoms with Gasteiger partial charge in [0.15, 0.2) is 0 Å². The summed E-state index contributed by atoms with van der Waals surface area (Å²) in [7, 11) is 3.60. The highest BCUT2D eigenvalue weighted by molar-refractivity contribution is 5.81. The van der Waals surface area contributed by atoms with Crippen molar-refractivity contribution in [2.75, 3.05) is 32.6 Å². The Morgan fingerprint density at radius 3 is 2.61 bits per heavy atom. The quantitative estimate of drug-likeness (QED) is 0.0871. The first-order chi connectivity index (χ1) is 22.3. The first-order valence-electron chi connectivity index (χ1n) is 16.8. The Bertz CT molecular complexity index is 1480. The van der Waals surface area contributed by atoms with E-state index < -0.39 is 0 Å². The van der Waals surface area contributed by atoms with E-state index in [1.54, 1.807) is 13.3 Å². The number of pyridine rings is 1. The minimum atomic E-state index is 0.485. The smallest absolute Gasteiger partial charge is 0.138 e. The summed E-state index contributed by atoms with van der Waals surface area (Å²) in [5.74, 6) is 2.11. The van der Waals surface area contributed by atoms with E-state index in [-0.39, 0.29) is 0 Å². The molecule has 0 amide bonds. The molecule has 7 nitrogen and oxygen atoms in total. The maximum atomic E-state index is 8.77. The van der Waals surface area contributed by atoms with E-state index in [2.05, 4.69) is 91.1 Å². The number of ether oxygens (including phenoxy) is 1. The molecule has 3 rings (SSSR count). The number of benzene rings is 1. The van der Waals surface area contributed by atoms with Crippen molar-refractivity contribution in [3.8, 4) is 6.07 Å². The first kappa shape index (κ1) is 36.3. The predicted octanol–water partition coefficient (Wildman–Crippen LogP) is 9.43. The average molecular weight is 623 g/mol. The molecule has 1 aromatic heterocycles. The Morgan fingerprint density at radius 1 is 1.17 bits per heavy atom. The van der Waals surface area contributed by atoms with Gasteiger partial charge in [0.05, 0.1) is 25.1 Å². The normalized spacial score (nSPS) is 14.6. The predicted molar refractivity (Wildman–Crippen MR) is 196 cm³/mol. The number of nitrogens with one attached hydrogen (secondary N) is 3. The van der Waals surface area contributed by atoms with E-state index in [1.807, 2.05) is 26.4 Å². The second kappa shape index (κ2) is 19.4. The molecule has 246 valence electrons. The Labute approximate surface area is 277 Å². The molecule has 0 bridgehead atoms. The molecule has 1 aliphatic rings. The molecular formula is C39H54N6O. The number of aryl methyl sites for hydroxylation is 1. The number of aliphatic imine (C=N–C) groups is 1. The van der Waals surface area contributed by atoms with Crippen LogP contribution < -0.4 is 16.0 Å². The molecule has 0 radical (unpaired) electrons. The summed E-state index contributed by atoms with van der Waals surface area (Å²) in [5.41, 5.74) is 10.3. The van der Waals surface area contributed by atoms with E-state index in [9.17, 15) is 0 Å². The topological polar surface area (TPSA) is 94.4 Å². The average Bonchev–Trinajstić information content (AvgIpc) is 3.04. The van der Waals surface area contributed by atoms with Gasteiger partial charge < -0.3 is 20.7 Å². The van der Waals surface area contributed by atoms with Crippen molar-refractivity contribution in [1.82, 2.24) is 15.6 Å². The number of nitrogens with zero attached hydrogens (tertiary/aromatic N) is 3. The minimum absolute atomic E-state index is 0.485. The summed E-state index contributed by atoms with van der Waals surface area (Å²) in [6, 6.07) is 11.1. The molecule has 1 atom stereocenters. The van der Waals surface area contributed by atoms with Gasteiger partial charge in [-0.15, -0.1) is 0 Å². The summed E-state index contributed by atoms with van der Waals surface area (Å²) < 4.78 is 5.53. The molecule has 1 heterocycles. The molecule has 0 saturated heterocycles. The highest BCUT2D eigenvalue weighted by Gasteiger charge is 2.17. The molecule has 0 aliphatic heterocycles. The largest absolute Gasteiger partial charge is 0.495 e. The van der Waals surface area contributed by atoms with Gasteiger partial charge in [-0.25, -0.2) is 4.98 Å². The summed E-state index contributed by atoms with van der Waals surface area (Å²) in [5, 5.41) is 19.1. The number of methoxy groups -OCH3 is 1. The van der Waals surface area contributed by atoms with Gasteiger partial charge in [-0.3, -0.25) is 4.99 Å². The minimum Gasteiger partial charge on any atom is -0.495 e. The molecule has 3 N–H and O–H groups in total. The van der Waals surface area contributed by atoms with Crippen molar-refractivity contribution < 1.29 is 4.74 Å². The number of rotatable bonds is 18. The number of aromatic nitrogens is 1. The molecule has 2 aromatic rings. The lowest BCUT2D eigenvalue weighted by molar-refractivity contribution is 0.312. The first-order valence-corrected chi connectivity index (χ1v) is 16.8. The van der Waals surface area contributed by atoms with Gasteiger partial charge in [-0.1, -0.05) is 31.6 Å². The fraction of sp³-hybridized carbons (Fsp3) is 0.462. The molecule has 0 spiro atoms. The van der Waals surface area contributed by atoms with E-state index >= 15 is 0 Å². The Morgan fingerprint density at radius 2 is 1.98 bits per heavy atom. The lowest BCUT2D eigenvalue weighted by Gasteiger charge is -2.21. The number of hydrogen-bond donors (Lipinski definition) is 3. The van der Waals surface area contributed by atoms with Crippen LogP contribution in [-0.2, 0) is 4.74 Å². The second-order valence-electron chi connectivity index (χ2n) is 12.0. The Balaban J connectivity index is 1.96.